The van der Waals surface area contributed by atoms with E-state index in [1.807, 2.05) is 55.6 Å². The van der Waals surface area contributed by atoms with Crippen molar-refractivity contribution in [2.45, 2.75) is 52.4 Å². The topological polar surface area (TPSA) is 172 Å². The van der Waals surface area contributed by atoms with Crippen LogP contribution in [-0.4, -0.2) is 51.0 Å². The highest BCUT2D eigenvalue weighted by atomic mass is 32.1. The van der Waals surface area contributed by atoms with E-state index in [-0.39, 0.29) is 17.4 Å². The van der Waals surface area contributed by atoms with Gasteiger partial charge in [-0.2, -0.15) is 15.2 Å². The molecule has 0 bridgehead atoms. The molecule has 0 radical (unpaired) electrons. The fourth-order valence-electron chi connectivity index (χ4n) is 4.69. The first-order valence-electron chi connectivity index (χ1n) is 15.0. The van der Waals surface area contributed by atoms with Crippen LogP contribution in [0.4, 0.5) is 11.6 Å². The van der Waals surface area contributed by atoms with Gasteiger partial charge in [0.1, 0.15) is 29.4 Å². The second-order valence-corrected chi connectivity index (χ2v) is 13.1. The summed E-state index contributed by atoms with van der Waals surface area (Å²) in [6.45, 7) is 6.72. The zero-order chi connectivity index (χ0) is 33.6. The van der Waals surface area contributed by atoms with Gasteiger partial charge in [-0.25, -0.2) is 9.78 Å². The molecule has 3 aromatic heterocycles. The van der Waals surface area contributed by atoms with Gasteiger partial charge in [0, 0.05) is 41.8 Å². The third-order valence-electron chi connectivity index (χ3n) is 7.04. The number of H-pyrrole nitrogens is 1. The van der Waals surface area contributed by atoms with Gasteiger partial charge in [0.15, 0.2) is 5.65 Å². The smallest absolute Gasteiger partial charge is 0.349 e. The number of amides is 1. The van der Waals surface area contributed by atoms with Crippen LogP contribution >= 0.6 is 11.3 Å². The van der Waals surface area contributed by atoms with E-state index in [4.69, 9.17) is 15.2 Å². The lowest BCUT2D eigenvalue weighted by Gasteiger charge is -2.19. The Morgan fingerprint density at radius 3 is 2.64 bits per heavy atom. The van der Waals surface area contributed by atoms with E-state index in [9.17, 15) is 14.9 Å². The molecule has 0 fully saturated rings. The molecular weight excluding hydrogens is 616 g/mol. The number of esters is 1. The number of thiophene rings is 1. The number of imidazole rings is 1. The molecule has 4 N–H and O–H groups in total. The van der Waals surface area contributed by atoms with Crippen LogP contribution in [-0.2, 0) is 27.5 Å². The van der Waals surface area contributed by atoms with Gasteiger partial charge in [-0.15, -0.1) is 11.3 Å². The van der Waals surface area contributed by atoms with Crippen molar-refractivity contribution < 1.29 is 19.1 Å². The number of nitriles is 1. The van der Waals surface area contributed by atoms with E-state index in [1.165, 1.54) is 17.7 Å². The number of nitrogen functional groups attached to an aromatic ring is 1. The van der Waals surface area contributed by atoms with Crippen LogP contribution in [0.2, 0.25) is 0 Å². The number of fused-ring (bicyclic) bond motifs is 2. The molecule has 0 unspecified atom stereocenters. The summed E-state index contributed by atoms with van der Waals surface area (Å²) >= 11 is 1.50. The second-order valence-electron chi connectivity index (χ2n) is 11.9. The summed E-state index contributed by atoms with van der Waals surface area (Å²) in [5.41, 5.74) is 9.00. The van der Waals surface area contributed by atoms with Gasteiger partial charge in [0.2, 0.25) is 17.7 Å². The standard InChI is InChI=1S/C34H36N8O4S/c1-34(2,3)46-32(44)24(17-35)15-26-14-23-11-12-25(16-27(23)47-26)42(4)13-5-6-28(43)37-18-21-7-9-22(10-8-21)19-45-31-29-30(39-20-38-29)40-33(36)41-31/h7-12,14-16,20H,5-6,13,18-19H2,1-4H3,(H,37,43)(H3,36,38,39,40,41)/b24-15+. The summed E-state index contributed by atoms with van der Waals surface area (Å²) in [7, 11) is 1.99. The molecule has 13 heteroatoms. The van der Waals surface area contributed by atoms with E-state index in [0.717, 1.165) is 31.8 Å². The fourth-order valence-corrected chi connectivity index (χ4v) is 5.73. The summed E-state index contributed by atoms with van der Waals surface area (Å²) < 4.78 is 12.2. The number of aromatic nitrogens is 4. The van der Waals surface area contributed by atoms with Crippen molar-refractivity contribution in [2.75, 3.05) is 24.2 Å². The van der Waals surface area contributed by atoms with Crippen molar-refractivity contribution in [3.05, 3.63) is 76.4 Å². The first-order chi connectivity index (χ1) is 22.5. The molecule has 47 heavy (non-hydrogen) atoms. The molecule has 0 spiro atoms. The number of ether oxygens (including phenoxy) is 2. The van der Waals surface area contributed by atoms with Crippen LogP contribution in [0.1, 0.15) is 49.6 Å². The minimum Gasteiger partial charge on any atom is -0.471 e. The number of hydrogen-bond acceptors (Lipinski definition) is 11. The average molecular weight is 653 g/mol. The summed E-state index contributed by atoms with van der Waals surface area (Å²) in [5, 5.41) is 13.5. The Morgan fingerprint density at radius 1 is 1.13 bits per heavy atom. The SMILES string of the molecule is CN(CCCC(=O)NCc1ccc(COc2nc(N)nc3nc[nH]c23)cc1)c1ccc2cc(/C=C(\C#N)C(=O)OC(C)(C)C)sc2c1. The molecule has 3 heterocycles. The zero-order valence-electron chi connectivity index (χ0n) is 26.7. The van der Waals surface area contributed by atoms with Gasteiger partial charge in [-0.1, -0.05) is 30.3 Å². The molecule has 0 saturated heterocycles. The lowest BCUT2D eigenvalue weighted by molar-refractivity contribution is -0.149. The molecular formula is C34H36N8O4S. The number of nitrogens with two attached hydrogens (primary N) is 1. The van der Waals surface area contributed by atoms with Gasteiger partial charge >= 0.3 is 5.97 Å². The number of aromatic amines is 1. The van der Waals surface area contributed by atoms with Crippen molar-refractivity contribution in [2.24, 2.45) is 0 Å². The van der Waals surface area contributed by atoms with Crippen LogP contribution in [0.15, 0.2) is 60.4 Å². The minimum atomic E-state index is -0.678. The molecule has 5 aromatic rings. The Labute approximate surface area is 276 Å². The molecule has 1 amide bonds. The van der Waals surface area contributed by atoms with Gasteiger partial charge < -0.3 is 30.4 Å². The number of carbonyl (C=O) groups is 2. The molecule has 5 rings (SSSR count). The fraction of sp³-hybridized carbons (Fsp3) is 0.294. The third kappa shape index (κ3) is 8.83. The van der Waals surface area contributed by atoms with E-state index < -0.39 is 11.6 Å². The number of hydrogen-bond donors (Lipinski definition) is 3. The predicted molar refractivity (Wildman–Crippen MR) is 182 cm³/mol. The Morgan fingerprint density at radius 2 is 1.89 bits per heavy atom. The highest BCUT2D eigenvalue weighted by Gasteiger charge is 2.20. The van der Waals surface area contributed by atoms with E-state index in [2.05, 4.69) is 36.2 Å². The van der Waals surface area contributed by atoms with Crippen LogP contribution in [0.25, 0.3) is 27.3 Å². The first-order valence-corrected chi connectivity index (χ1v) is 15.8. The highest BCUT2D eigenvalue weighted by Crippen LogP contribution is 2.31. The normalized spacial score (nSPS) is 11.8. The Hall–Kier alpha value is -5.48. The molecule has 2 aromatic carbocycles. The lowest BCUT2D eigenvalue weighted by atomic mass is 10.1. The van der Waals surface area contributed by atoms with E-state index >= 15 is 0 Å². The Balaban J connectivity index is 1.07. The van der Waals surface area contributed by atoms with E-state index in [0.29, 0.717) is 49.6 Å². The zero-order valence-corrected chi connectivity index (χ0v) is 27.5. The van der Waals surface area contributed by atoms with Crippen molar-refractivity contribution in [1.82, 2.24) is 25.3 Å². The maximum absolute atomic E-state index is 12.5. The molecule has 0 aliphatic heterocycles. The Kier molecular flexibility index (Phi) is 10.0. The van der Waals surface area contributed by atoms with Crippen molar-refractivity contribution >= 4 is 62.2 Å². The van der Waals surface area contributed by atoms with Crippen LogP contribution in [0.5, 0.6) is 5.88 Å². The average Bonchev–Trinajstić information content (AvgIpc) is 3.67. The molecule has 0 saturated carbocycles. The van der Waals surface area contributed by atoms with Crippen molar-refractivity contribution in [3.63, 3.8) is 0 Å². The first kappa shape index (κ1) is 32.9. The second kappa shape index (κ2) is 14.3. The maximum atomic E-state index is 12.5. The molecule has 0 aliphatic rings. The largest absolute Gasteiger partial charge is 0.471 e. The lowest BCUT2D eigenvalue weighted by Crippen LogP contribution is -2.25. The van der Waals surface area contributed by atoms with Crippen LogP contribution in [0.3, 0.4) is 0 Å². The monoisotopic (exact) mass is 652 g/mol. The Bertz CT molecular complexity index is 1970. The molecule has 0 aliphatic carbocycles. The molecule has 0 atom stereocenters. The van der Waals surface area contributed by atoms with Gasteiger partial charge in [-0.3, -0.25) is 4.79 Å². The van der Waals surface area contributed by atoms with Crippen molar-refractivity contribution in [3.8, 4) is 11.9 Å². The van der Waals surface area contributed by atoms with Gasteiger partial charge in [0.25, 0.3) is 0 Å². The number of nitrogens with one attached hydrogen (secondary N) is 2. The number of nitrogens with zero attached hydrogens (tertiary/aromatic N) is 5. The quantitative estimate of drug-likeness (QED) is 0.0886. The summed E-state index contributed by atoms with van der Waals surface area (Å²) in [6.07, 6.45) is 4.17. The number of anilines is 2. The maximum Gasteiger partial charge on any atom is 0.349 e. The van der Waals surface area contributed by atoms with Crippen LogP contribution < -0.4 is 20.7 Å². The highest BCUT2D eigenvalue weighted by molar-refractivity contribution is 7.19. The number of rotatable bonds is 12. The number of benzene rings is 2. The third-order valence-corrected chi connectivity index (χ3v) is 8.09. The van der Waals surface area contributed by atoms with Crippen molar-refractivity contribution in [1.29, 1.82) is 5.26 Å². The summed E-state index contributed by atoms with van der Waals surface area (Å²) in [4.78, 5) is 43.1. The van der Waals surface area contributed by atoms with Gasteiger partial charge in [-0.05, 0) is 68.0 Å². The minimum absolute atomic E-state index is 0.0147. The summed E-state index contributed by atoms with van der Waals surface area (Å²) in [5.74, 6) is -0.216. The predicted octanol–water partition coefficient (Wildman–Crippen LogP) is 5.51. The van der Waals surface area contributed by atoms with Gasteiger partial charge in [0.05, 0.1) is 6.33 Å². The van der Waals surface area contributed by atoms with E-state index in [1.54, 1.807) is 26.8 Å². The van der Waals surface area contributed by atoms with Crippen LogP contribution in [0, 0.1) is 11.3 Å². The molecule has 242 valence electrons. The summed E-state index contributed by atoms with van der Waals surface area (Å²) in [6, 6.07) is 17.8. The number of carbonyl (C=O) groups excluding carboxylic acids is 2. The molecule has 12 nitrogen and oxygen atoms in total.